The number of ketones is 1. The maximum absolute atomic E-state index is 11.3. The average Bonchev–Trinajstić information content (AvgIpc) is 2.15. The third kappa shape index (κ3) is 11.5. The normalized spacial score (nSPS) is 10.9. The Balaban J connectivity index is 3.13. The van der Waals surface area contributed by atoms with E-state index in [-0.39, 0.29) is 0 Å². The molecule has 0 aromatic heterocycles. The highest BCUT2D eigenvalue weighted by Gasteiger charge is 2.04. The van der Waals surface area contributed by atoms with Crippen LogP contribution >= 0.6 is 0 Å². The van der Waals surface area contributed by atoms with Crippen molar-refractivity contribution in [3.8, 4) is 0 Å². The summed E-state index contributed by atoms with van der Waals surface area (Å²) in [5.41, 5.74) is 0. The second-order valence-corrected chi connectivity index (χ2v) is 4.20. The summed E-state index contributed by atoms with van der Waals surface area (Å²) in [5, 5.41) is 0. The van der Waals surface area contributed by atoms with E-state index in [1.165, 1.54) is 0 Å². The molecular weight excluding hydrogens is 192 g/mol. The zero-order valence-corrected chi connectivity index (χ0v) is 10.3. The summed E-state index contributed by atoms with van der Waals surface area (Å²) in [6.07, 6.45) is 3.13. The van der Waals surface area contributed by atoms with Gasteiger partial charge < -0.3 is 9.47 Å². The predicted octanol–water partition coefficient (Wildman–Crippen LogP) is 2.43. The Morgan fingerprint density at radius 1 is 1.13 bits per heavy atom. The van der Waals surface area contributed by atoms with Gasteiger partial charge in [0.05, 0.1) is 0 Å². The van der Waals surface area contributed by atoms with Gasteiger partial charge in [0.15, 0.2) is 0 Å². The minimum atomic E-state index is 0.352. The summed E-state index contributed by atoms with van der Waals surface area (Å²) >= 11 is 0. The third-order valence-corrected chi connectivity index (χ3v) is 2.02. The minimum absolute atomic E-state index is 0.352. The van der Waals surface area contributed by atoms with Crippen LogP contribution in [0, 0.1) is 5.92 Å². The molecule has 0 rings (SSSR count). The van der Waals surface area contributed by atoms with Crippen molar-refractivity contribution in [2.75, 3.05) is 26.9 Å². The summed E-state index contributed by atoms with van der Waals surface area (Å²) in [7, 11) is 1.69. The van der Waals surface area contributed by atoms with Crippen molar-refractivity contribution in [2.24, 2.45) is 5.92 Å². The molecule has 90 valence electrons. The molecule has 0 unspecified atom stereocenters. The highest BCUT2D eigenvalue weighted by Crippen LogP contribution is 2.04. The lowest BCUT2D eigenvalue weighted by molar-refractivity contribution is -0.120. The monoisotopic (exact) mass is 216 g/mol. The molecule has 0 aliphatic rings. The second-order valence-electron chi connectivity index (χ2n) is 4.20. The summed E-state index contributed by atoms with van der Waals surface area (Å²) in [6.45, 7) is 6.30. The van der Waals surface area contributed by atoms with E-state index in [0.29, 0.717) is 31.1 Å². The molecule has 0 atom stereocenters. The van der Waals surface area contributed by atoms with Gasteiger partial charge in [-0.25, -0.2) is 0 Å². The molecule has 0 radical (unpaired) electrons. The lowest BCUT2D eigenvalue weighted by Gasteiger charge is -2.05. The van der Waals surface area contributed by atoms with Gasteiger partial charge >= 0.3 is 0 Å². The Hall–Kier alpha value is -0.410. The fraction of sp³-hybridized carbons (Fsp3) is 0.917. The maximum Gasteiger partial charge on any atom is 0.133 e. The topological polar surface area (TPSA) is 35.5 Å². The summed E-state index contributed by atoms with van der Waals surface area (Å²) in [6, 6.07) is 0. The van der Waals surface area contributed by atoms with Gasteiger partial charge in [0, 0.05) is 39.8 Å². The molecule has 0 saturated carbocycles. The van der Waals surface area contributed by atoms with Gasteiger partial charge in [-0.05, 0) is 18.8 Å². The van der Waals surface area contributed by atoms with Crippen molar-refractivity contribution in [1.82, 2.24) is 0 Å². The second kappa shape index (κ2) is 10.1. The van der Waals surface area contributed by atoms with Crippen LogP contribution in [-0.2, 0) is 14.3 Å². The lowest BCUT2D eigenvalue weighted by Crippen LogP contribution is -2.06. The first kappa shape index (κ1) is 14.6. The molecule has 3 heteroatoms. The van der Waals surface area contributed by atoms with Gasteiger partial charge in [-0.1, -0.05) is 13.8 Å². The minimum Gasteiger partial charge on any atom is -0.385 e. The summed E-state index contributed by atoms with van der Waals surface area (Å²) in [4.78, 5) is 11.3. The van der Waals surface area contributed by atoms with Gasteiger partial charge in [-0.3, -0.25) is 4.79 Å². The van der Waals surface area contributed by atoms with Crippen LogP contribution in [0.5, 0.6) is 0 Å². The van der Waals surface area contributed by atoms with Crippen molar-refractivity contribution in [3.63, 3.8) is 0 Å². The average molecular weight is 216 g/mol. The number of hydrogen-bond acceptors (Lipinski definition) is 3. The molecule has 0 fully saturated rings. The van der Waals surface area contributed by atoms with Gasteiger partial charge in [0.25, 0.3) is 0 Å². The van der Waals surface area contributed by atoms with E-state index in [1.807, 2.05) is 0 Å². The molecule has 0 bridgehead atoms. The number of Topliss-reactive ketones (excluding diaryl/α,β-unsaturated/α-hetero) is 1. The molecule has 0 N–H and O–H groups in total. The zero-order valence-electron chi connectivity index (χ0n) is 10.3. The number of carbonyl (C=O) groups is 1. The molecule has 0 saturated heterocycles. The molecule has 3 nitrogen and oxygen atoms in total. The van der Waals surface area contributed by atoms with Crippen molar-refractivity contribution >= 4 is 5.78 Å². The van der Waals surface area contributed by atoms with Gasteiger partial charge in [-0.15, -0.1) is 0 Å². The van der Waals surface area contributed by atoms with Gasteiger partial charge in [-0.2, -0.15) is 0 Å². The van der Waals surface area contributed by atoms with Crippen molar-refractivity contribution in [1.29, 1.82) is 0 Å². The van der Waals surface area contributed by atoms with Crippen LogP contribution in [0.15, 0.2) is 0 Å². The smallest absolute Gasteiger partial charge is 0.133 e. The van der Waals surface area contributed by atoms with Crippen LogP contribution in [-0.4, -0.2) is 32.7 Å². The maximum atomic E-state index is 11.3. The van der Waals surface area contributed by atoms with E-state index >= 15 is 0 Å². The fourth-order valence-electron chi connectivity index (χ4n) is 1.34. The molecular formula is C12H24O3. The van der Waals surface area contributed by atoms with E-state index in [9.17, 15) is 4.79 Å². The zero-order chi connectivity index (χ0) is 11.5. The molecule has 0 spiro atoms. The van der Waals surface area contributed by atoms with E-state index in [4.69, 9.17) is 9.47 Å². The van der Waals surface area contributed by atoms with Gasteiger partial charge in [0.2, 0.25) is 0 Å². The van der Waals surface area contributed by atoms with Crippen molar-refractivity contribution in [2.45, 2.75) is 39.5 Å². The van der Waals surface area contributed by atoms with Crippen LogP contribution in [0.1, 0.15) is 39.5 Å². The predicted molar refractivity (Wildman–Crippen MR) is 61.0 cm³/mol. The quantitative estimate of drug-likeness (QED) is 0.526. The number of rotatable bonds is 10. The fourth-order valence-corrected chi connectivity index (χ4v) is 1.34. The number of ether oxygens (including phenoxy) is 2. The van der Waals surface area contributed by atoms with E-state index in [2.05, 4.69) is 13.8 Å². The molecule has 0 heterocycles. The van der Waals surface area contributed by atoms with Crippen LogP contribution in [0.25, 0.3) is 0 Å². The van der Waals surface area contributed by atoms with Crippen molar-refractivity contribution < 1.29 is 14.3 Å². The molecule has 0 aliphatic carbocycles. The van der Waals surface area contributed by atoms with E-state index in [0.717, 1.165) is 26.1 Å². The van der Waals surface area contributed by atoms with E-state index in [1.54, 1.807) is 7.11 Å². The highest BCUT2D eigenvalue weighted by atomic mass is 16.5. The third-order valence-electron chi connectivity index (χ3n) is 2.02. The first-order valence-corrected chi connectivity index (χ1v) is 5.75. The number of hydrogen-bond donors (Lipinski definition) is 0. The Labute approximate surface area is 93.1 Å². The molecule has 0 aromatic carbocycles. The highest BCUT2D eigenvalue weighted by molar-refractivity contribution is 5.78. The Morgan fingerprint density at radius 3 is 2.40 bits per heavy atom. The summed E-state index contributed by atoms with van der Waals surface area (Å²) < 4.78 is 10.3. The van der Waals surface area contributed by atoms with Crippen LogP contribution in [0.3, 0.4) is 0 Å². The Bertz CT molecular complexity index is 155. The first-order chi connectivity index (χ1) is 7.16. The molecule has 15 heavy (non-hydrogen) atoms. The molecule has 0 aliphatic heterocycles. The molecule has 0 aromatic rings. The SMILES string of the molecule is COCCCOCCCC(=O)CC(C)C. The molecule has 0 amide bonds. The van der Waals surface area contributed by atoms with Crippen LogP contribution in [0.4, 0.5) is 0 Å². The summed E-state index contributed by atoms with van der Waals surface area (Å²) in [5.74, 6) is 0.825. The Kier molecular flexibility index (Phi) is 9.84. The van der Waals surface area contributed by atoms with Crippen LogP contribution < -0.4 is 0 Å². The standard InChI is InChI=1S/C12H24O3/c1-11(2)10-12(13)6-4-8-15-9-5-7-14-3/h11H,4-10H2,1-3H3. The Morgan fingerprint density at radius 2 is 1.80 bits per heavy atom. The number of carbonyl (C=O) groups excluding carboxylic acids is 1. The van der Waals surface area contributed by atoms with Crippen molar-refractivity contribution in [3.05, 3.63) is 0 Å². The van der Waals surface area contributed by atoms with E-state index < -0.39 is 0 Å². The van der Waals surface area contributed by atoms with Gasteiger partial charge in [0.1, 0.15) is 5.78 Å². The largest absolute Gasteiger partial charge is 0.385 e. The number of methoxy groups -OCH3 is 1. The van der Waals surface area contributed by atoms with Crippen LogP contribution in [0.2, 0.25) is 0 Å². The lowest BCUT2D eigenvalue weighted by atomic mass is 10.0. The first-order valence-electron chi connectivity index (χ1n) is 5.75.